The van der Waals surface area contributed by atoms with Crippen LogP contribution >= 0.6 is 0 Å². The maximum Gasteiger partial charge on any atom is 0.303 e. The second kappa shape index (κ2) is 6.90. The highest BCUT2D eigenvalue weighted by Gasteiger charge is 2.35. The number of carboxylic acids is 1. The summed E-state index contributed by atoms with van der Waals surface area (Å²) >= 11 is 0. The predicted molar refractivity (Wildman–Crippen MR) is 78.8 cm³/mol. The number of nitrogens with zero attached hydrogens (tertiary/aromatic N) is 1. The Morgan fingerprint density at radius 1 is 1.45 bits per heavy atom. The zero-order valence-corrected chi connectivity index (χ0v) is 12.9. The van der Waals surface area contributed by atoms with Crippen LogP contribution in [0.3, 0.4) is 0 Å². The average molecular weight is 283 g/mol. The lowest BCUT2D eigenvalue weighted by atomic mass is 9.86. The van der Waals surface area contributed by atoms with E-state index in [1.807, 2.05) is 0 Å². The van der Waals surface area contributed by atoms with E-state index in [1.54, 1.807) is 0 Å². The zero-order valence-electron chi connectivity index (χ0n) is 12.9. The van der Waals surface area contributed by atoms with Crippen LogP contribution in [0.4, 0.5) is 0 Å². The van der Waals surface area contributed by atoms with Crippen molar-refractivity contribution in [1.29, 1.82) is 0 Å². The van der Waals surface area contributed by atoms with Crippen LogP contribution in [0.15, 0.2) is 0 Å². The van der Waals surface area contributed by atoms with Gasteiger partial charge in [0.15, 0.2) is 0 Å². The Labute approximate surface area is 122 Å². The van der Waals surface area contributed by atoms with Crippen LogP contribution in [0.1, 0.15) is 58.8 Å². The number of hydrogen-bond acceptors (Lipinski definition) is 3. The summed E-state index contributed by atoms with van der Waals surface area (Å²) in [6.45, 7) is 7.55. The Morgan fingerprint density at radius 2 is 2.25 bits per heavy atom. The van der Waals surface area contributed by atoms with Crippen molar-refractivity contribution < 1.29 is 14.6 Å². The van der Waals surface area contributed by atoms with Crippen LogP contribution in [0.5, 0.6) is 0 Å². The molecule has 2 rings (SSSR count). The molecule has 2 saturated heterocycles. The fourth-order valence-corrected chi connectivity index (χ4v) is 3.65. The monoisotopic (exact) mass is 283 g/mol. The quantitative estimate of drug-likeness (QED) is 0.843. The lowest BCUT2D eigenvalue weighted by molar-refractivity contribution is -0.137. The summed E-state index contributed by atoms with van der Waals surface area (Å²) < 4.78 is 5.94. The summed E-state index contributed by atoms with van der Waals surface area (Å²) in [6, 6.07) is 0.626. The molecular weight excluding hydrogens is 254 g/mol. The standard InChI is InChI=1S/C16H29NO3/c1-3-16(2)11-14(8-10-20-16)17-9-4-5-13(12-17)6-7-15(18)19/h13-14H,3-12H2,1-2H3,(H,18,19). The fraction of sp³-hybridized carbons (Fsp3) is 0.938. The Morgan fingerprint density at radius 3 is 2.95 bits per heavy atom. The summed E-state index contributed by atoms with van der Waals surface area (Å²) in [5, 5.41) is 8.83. The van der Waals surface area contributed by atoms with E-state index in [9.17, 15) is 4.79 Å². The molecule has 4 nitrogen and oxygen atoms in total. The smallest absolute Gasteiger partial charge is 0.303 e. The number of piperidine rings is 1. The largest absolute Gasteiger partial charge is 0.481 e. The third-order valence-corrected chi connectivity index (χ3v) is 5.15. The van der Waals surface area contributed by atoms with Crippen molar-refractivity contribution in [3.63, 3.8) is 0 Å². The van der Waals surface area contributed by atoms with E-state index in [4.69, 9.17) is 9.84 Å². The molecule has 0 bridgehead atoms. The molecule has 2 aliphatic rings. The zero-order chi connectivity index (χ0) is 14.6. The molecule has 20 heavy (non-hydrogen) atoms. The first-order chi connectivity index (χ1) is 9.52. The Hall–Kier alpha value is -0.610. The molecule has 3 atom stereocenters. The van der Waals surface area contributed by atoms with Crippen LogP contribution in [-0.4, -0.2) is 47.3 Å². The van der Waals surface area contributed by atoms with Crippen LogP contribution in [-0.2, 0) is 9.53 Å². The highest BCUT2D eigenvalue weighted by Crippen LogP contribution is 2.33. The molecule has 0 saturated carbocycles. The van der Waals surface area contributed by atoms with Crippen LogP contribution in [0.25, 0.3) is 0 Å². The van der Waals surface area contributed by atoms with Crippen LogP contribution in [0, 0.1) is 5.92 Å². The predicted octanol–water partition coefficient (Wildman–Crippen LogP) is 2.91. The van der Waals surface area contributed by atoms with Gasteiger partial charge in [0, 0.05) is 25.6 Å². The highest BCUT2D eigenvalue weighted by atomic mass is 16.5. The van der Waals surface area contributed by atoms with Crippen molar-refractivity contribution in [2.24, 2.45) is 5.92 Å². The molecule has 0 spiro atoms. The van der Waals surface area contributed by atoms with Gasteiger partial charge in [0.05, 0.1) is 5.60 Å². The fourth-order valence-electron chi connectivity index (χ4n) is 3.65. The number of carbonyl (C=O) groups is 1. The van der Waals surface area contributed by atoms with E-state index < -0.39 is 5.97 Å². The van der Waals surface area contributed by atoms with Gasteiger partial charge in [-0.05, 0) is 57.9 Å². The molecule has 0 radical (unpaired) electrons. The van der Waals surface area contributed by atoms with Crippen molar-refractivity contribution in [2.45, 2.75) is 70.4 Å². The third kappa shape index (κ3) is 4.19. The van der Waals surface area contributed by atoms with Crippen LogP contribution in [0.2, 0.25) is 0 Å². The van der Waals surface area contributed by atoms with Gasteiger partial charge < -0.3 is 9.84 Å². The highest BCUT2D eigenvalue weighted by molar-refractivity contribution is 5.66. The number of likely N-dealkylation sites (tertiary alicyclic amines) is 1. The molecule has 116 valence electrons. The minimum atomic E-state index is -0.660. The molecule has 0 aromatic rings. The van der Waals surface area contributed by atoms with E-state index >= 15 is 0 Å². The summed E-state index contributed by atoms with van der Waals surface area (Å²) in [6.07, 6.45) is 6.87. The number of carboxylic acid groups (broad SMARTS) is 1. The molecule has 2 fully saturated rings. The molecule has 2 aliphatic heterocycles. The maximum absolute atomic E-state index is 10.7. The number of aliphatic carboxylic acids is 1. The number of rotatable bonds is 5. The Kier molecular flexibility index (Phi) is 5.44. The van der Waals surface area contributed by atoms with Crippen molar-refractivity contribution in [3.8, 4) is 0 Å². The van der Waals surface area contributed by atoms with E-state index in [0.717, 1.165) is 38.8 Å². The van der Waals surface area contributed by atoms with E-state index in [2.05, 4.69) is 18.7 Å². The normalized spacial score (nSPS) is 35.9. The van der Waals surface area contributed by atoms with Crippen molar-refractivity contribution in [1.82, 2.24) is 4.90 Å². The van der Waals surface area contributed by atoms with Gasteiger partial charge in [-0.1, -0.05) is 6.92 Å². The molecular formula is C16H29NO3. The number of hydrogen-bond donors (Lipinski definition) is 1. The van der Waals surface area contributed by atoms with Gasteiger partial charge in [0.2, 0.25) is 0 Å². The molecule has 1 N–H and O–H groups in total. The van der Waals surface area contributed by atoms with Gasteiger partial charge in [-0.15, -0.1) is 0 Å². The molecule has 3 unspecified atom stereocenters. The van der Waals surface area contributed by atoms with Gasteiger partial charge >= 0.3 is 5.97 Å². The lowest BCUT2D eigenvalue weighted by Gasteiger charge is -2.45. The van der Waals surface area contributed by atoms with Gasteiger partial charge in [-0.3, -0.25) is 9.69 Å². The molecule has 0 aromatic heterocycles. The molecule has 0 amide bonds. The van der Waals surface area contributed by atoms with Crippen molar-refractivity contribution in [2.75, 3.05) is 19.7 Å². The second-order valence-electron chi connectivity index (χ2n) is 6.73. The minimum absolute atomic E-state index is 0.0386. The first-order valence-electron chi connectivity index (χ1n) is 8.12. The first kappa shape index (κ1) is 15.8. The van der Waals surface area contributed by atoms with Gasteiger partial charge in [0.1, 0.15) is 0 Å². The Bertz CT molecular complexity index is 334. The molecule has 0 aromatic carbocycles. The Balaban J connectivity index is 1.86. The average Bonchev–Trinajstić information content (AvgIpc) is 2.45. The van der Waals surface area contributed by atoms with Crippen LogP contribution < -0.4 is 0 Å². The number of ether oxygens (including phenoxy) is 1. The topological polar surface area (TPSA) is 49.8 Å². The minimum Gasteiger partial charge on any atom is -0.481 e. The van der Waals surface area contributed by atoms with Gasteiger partial charge in [0.25, 0.3) is 0 Å². The summed E-state index contributed by atoms with van der Waals surface area (Å²) in [4.78, 5) is 13.3. The van der Waals surface area contributed by atoms with E-state index in [0.29, 0.717) is 18.4 Å². The summed E-state index contributed by atoms with van der Waals surface area (Å²) in [7, 11) is 0. The maximum atomic E-state index is 10.7. The van der Waals surface area contributed by atoms with E-state index in [-0.39, 0.29) is 5.60 Å². The summed E-state index contributed by atoms with van der Waals surface area (Å²) in [5.74, 6) is -0.0951. The summed E-state index contributed by atoms with van der Waals surface area (Å²) in [5.41, 5.74) is 0.0386. The molecule has 2 heterocycles. The van der Waals surface area contributed by atoms with Crippen molar-refractivity contribution in [3.05, 3.63) is 0 Å². The second-order valence-corrected chi connectivity index (χ2v) is 6.73. The molecule has 0 aliphatic carbocycles. The third-order valence-electron chi connectivity index (χ3n) is 5.15. The van der Waals surface area contributed by atoms with E-state index in [1.165, 1.54) is 19.4 Å². The van der Waals surface area contributed by atoms with Gasteiger partial charge in [-0.25, -0.2) is 0 Å². The SMILES string of the molecule is CCC1(C)CC(N2CCCC(CCC(=O)O)C2)CCO1. The van der Waals surface area contributed by atoms with Gasteiger partial charge in [-0.2, -0.15) is 0 Å². The lowest BCUT2D eigenvalue weighted by Crippen LogP contribution is -2.50. The molecule has 4 heteroatoms. The first-order valence-corrected chi connectivity index (χ1v) is 8.12. The van der Waals surface area contributed by atoms with Crippen molar-refractivity contribution >= 4 is 5.97 Å².